The van der Waals surface area contributed by atoms with Crippen molar-refractivity contribution in [2.75, 3.05) is 0 Å². The van der Waals surface area contributed by atoms with Crippen molar-refractivity contribution in [1.29, 1.82) is 0 Å². The highest BCUT2D eigenvalue weighted by molar-refractivity contribution is 5.95. The van der Waals surface area contributed by atoms with Crippen molar-refractivity contribution >= 4 is 23.7 Å². The molecule has 0 aromatic heterocycles. The van der Waals surface area contributed by atoms with E-state index in [0.29, 0.717) is 12.2 Å². The average molecular weight is 504 g/mol. The summed E-state index contributed by atoms with van der Waals surface area (Å²) in [6, 6.07) is 18.9. The summed E-state index contributed by atoms with van der Waals surface area (Å²) >= 11 is 0. The maximum absolute atomic E-state index is 11.8. The van der Waals surface area contributed by atoms with Crippen LogP contribution in [0.15, 0.2) is 121 Å². The third kappa shape index (κ3) is 14.1. The first-order valence-corrected chi connectivity index (χ1v) is 10.4. The molecule has 0 atom stereocenters. The Morgan fingerprint density at radius 2 is 0.778 bits per heavy atom. The van der Waals surface area contributed by atoms with Crippen LogP contribution in [-0.4, -0.2) is 23.9 Å². The lowest BCUT2D eigenvalue weighted by Crippen LogP contribution is -2.19. The van der Waals surface area contributed by atoms with Gasteiger partial charge in [-0.1, -0.05) is 121 Å². The number of alkyl halides is 6. The molecule has 0 radical (unpaired) electrons. The van der Waals surface area contributed by atoms with Crippen LogP contribution in [0, 0.1) is 0 Å². The third-order valence-corrected chi connectivity index (χ3v) is 3.90. The minimum atomic E-state index is -4.80. The zero-order chi connectivity index (χ0) is 26.9. The van der Waals surface area contributed by atoms with Crippen molar-refractivity contribution in [2.45, 2.75) is 12.4 Å². The molecule has 2 nitrogen and oxygen atoms in total. The molecule has 0 spiro atoms. The molecule has 0 aliphatic heterocycles. The van der Waals surface area contributed by atoms with E-state index in [9.17, 15) is 35.9 Å². The van der Waals surface area contributed by atoms with E-state index in [-0.39, 0.29) is 0 Å². The first-order chi connectivity index (χ1) is 17.0. The van der Waals surface area contributed by atoms with Crippen LogP contribution in [0.1, 0.15) is 11.1 Å². The van der Waals surface area contributed by atoms with Gasteiger partial charge < -0.3 is 0 Å². The van der Waals surface area contributed by atoms with Gasteiger partial charge in [0.15, 0.2) is 0 Å². The minimum absolute atomic E-state index is 0.493. The average Bonchev–Trinajstić information content (AvgIpc) is 2.83. The lowest BCUT2D eigenvalue weighted by atomic mass is 10.2. The number of hydrogen-bond donors (Lipinski definition) is 0. The normalized spacial score (nSPS) is 12.8. The Kier molecular flexibility index (Phi) is 13.0. The van der Waals surface area contributed by atoms with E-state index in [1.165, 1.54) is 12.2 Å². The van der Waals surface area contributed by atoms with E-state index in [0.717, 1.165) is 23.3 Å². The van der Waals surface area contributed by atoms with Crippen LogP contribution in [0.4, 0.5) is 26.3 Å². The summed E-state index contributed by atoms with van der Waals surface area (Å²) in [7, 11) is 0. The summed E-state index contributed by atoms with van der Waals surface area (Å²) in [6.07, 6.45) is 6.29. The highest BCUT2D eigenvalue weighted by Gasteiger charge is 2.36. The van der Waals surface area contributed by atoms with Crippen molar-refractivity contribution in [3.8, 4) is 0 Å². The van der Waals surface area contributed by atoms with Gasteiger partial charge in [-0.05, 0) is 23.3 Å². The second-order valence-electron chi connectivity index (χ2n) is 6.75. The van der Waals surface area contributed by atoms with Crippen molar-refractivity contribution in [2.24, 2.45) is 0 Å². The summed E-state index contributed by atoms with van der Waals surface area (Å²) < 4.78 is 70.8. The fourth-order valence-corrected chi connectivity index (χ4v) is 2.19. The molecule has 0 saturated carbocycles. The molecular weight excluding hydrogens is 482 g/mol. The highest BCUT2D eigenvalue weighted by Crippen LogP contribution is 2.17. The lowest BCUT2D eigenvalue weighted by molar-refractivity contribution is -0.165. The molecule has 0 unspecified atom stereocenters. The van der Waals surface area contributed by atoms with E-state index in [4.69, 9.17) is 0 Å². The number of rotatable bonds is 8. The van der Waals surface area contributed by atoms with Crippen LogP contribution in [0.2, 0.25) is 0 Å². The van der Waals surface area contributed by atoms with Gasteiger partial charge in [-0.15, -0.1) is 0 Å². The summed E-state index contributed by atoms with van der Waals surface area (Å²) in [4.78, 5) is 20.9. The molecule has 8 heteroatoms. The number of carbonyl (C=O) groups excluding carboxylic acids is 2. The number of allylic oxidation sites excluding steroid dienone is 10. The predicted octanol–water partition coefficient (Wildman–Crippen LogP) is 7.89. The summed E-state index contributed by atoms with van der Waals surface area (Å²) in [5.74, 6) is -3.72. The number of halogens is 6. The first-order valence-electron chi connectivity index (χ1n) is 10.4. The van der Waals surface area contributed by atoms with E-state index in [1.54, 1.807) is 36.5 Å². The topological polar surface area (TPSA) is 34.1 Å². The van der Waals surface area contributed by atoms with E-state index < -0.39 is 23.9 Å². The van der Waals surface area contributed by atoms with E-state index in [2.05, 4.69) is 0 Å². The second-order valence-corrected chi connectivity index (χ2v) is 6.75. The predicted molar refractivity (Wildman–Crippen MR) is 130 cm³/mol. The van der Waals surface area contributed by atoms with Crippen LogP contribution in [0.5, 0.6) is 0 Å². The monoisotopic (exact) mass is 504 g/mol. The van der Waals surface area contributed by atoms with Gasteiger partial charge in [0.25, 0.3) is 11.6 Å². The zero-order valence-corrected chi connectivity index (χ0v) is 18.8. The lowest BCUT2D eigenvalue weighted by Gasteiger charge is -1.97. The number of ketones is 2. The Morgan fingerprint density at radius 1 is 0.472 bits per heavy atom. The Morgan fingerprint density at radius 3 is 1.08 bits per heavy atom. The van der Waals surface area contributed by atoms with Crippen LogP contribution in [0.3, 0.4) is 0 Å². The number of carbonyl (C=O) groups is 2. The smallest absolute Gasteiger partial charge is 0.285 e. The van der Waals surface area contributed by atoms with Gasteiger partial charge in [-0.25, -0.2) is 0 Å². The quantitative estimate of drug-likeness (QED) is 0.208. The Balaban J connectivity index is 0.000000360. The van der Waals surface area contributed by atoms with Gasteiger partial charge in [0.2, 0.25) is 0 Å². The van der Waals surface area contributed by atoms with Crippen LogP contribution < -0.4 is 0 Å². The molecule has 0 saturated heterocycles. The van der Waals surface area contributed by atoms with Crippen molar-refractivity contribution in [3.05, 3.63) is 133 Å². The molecule has 0 bridgehead atoms. The Bertz CT molecular complexity index is 1030. The highest BCUT2D eigenvalue weighted by atomic mass is 19.4. The molecule has 0 aliphatic rings. The maximum atomic E-state index is 11.8. The standard InChI is InChI=1S/2C14H11F3O/c2*15-14(16,17)13(18)11-7-2-1-4-8-12-9-5-3-6-10-12/h2*1-11H/b2*2-1+,8-4+,11-7+. The molecule has 36 heavy (non-hydrogen) atoms. The van der Waals surface area contributed by atoms with Crippen molar-refractivity contribution in [3.63, 3.8) is 0 Å². The van der Waals surface area contributed by atoms with Crippen LogP contribution in [0.25, 0.3) is 12.2 Å². The first kappa shape index (κ1) is 29.8. The van der Waals surface area contributed by atoms with Gasteiger partial charge in [0.05, 0.1) is 0 Å². The SMILES string of the molecule is O=C(/C=C/C=C/C=C/c1ccccc1)C(F)(F)F.O=C(/C=C/C=C/C=C/c1ccccc1)C(F)(F)F. The summed E-state index contributed by atoms with van der Waals surface area (Å²) in [5, 5.41) is 0. The van der Waals surface area contributed by atoms with Gasteiger partial charge in [0.1, 0.15) is 0 Å². The Labute approximate surface area is 205 Å². The van der Waals surface area contributed by atoms with E-state index >= 15 is 0 Å². The molecule has 0 fully saturated rings. The number of hydrogen-bond acceptors (Lipinski definition) is 2. The van der Waals surface area contributed by atoms with Crippen molar-refractivity contribution < 1.29 is 35.9 Å². The Hall–Kier alpha value is -4.20. The fraction of sp³-hybridized carbons (Fsp3) is 0.0714. The largest absolute Gasteiger partial charge is 0.454 e. The van der Waals surface area contributed by atoms with Gasteiger partial charge in [-0.3, -0.25) is 9.59 Å². The van der Waals surface area contributed by atoms with Gasteiger partial charge in [0, 0.05) is 0 Å². The minimum Gasteiger partial charge on any atom is -0.285 e. The molecule has 0 N–H and O–H groups in total. The third-order valence-electron chi connectivity index (χ3n) is 3.90. The summed E-state index contributed by atoms with van der Waals surface area (Å²) in [5.41, 5.74) is 1.97. The van der Waals surface area contributed by atoms with Gasteiger partial charge >= 0.3 is 12.4 Å². The maximum Gasteiger partial charge on any atom is 0.454 e. The second kappa shape index (κ2) is 15.7. The van der Waals surface area contributed by atoms with Gasteiger partial charge in [-0.2, -0.15) is 26.3 Å². The molecule has 188 valence electrons. The molecule has 2 aromatic rings. The number of benzene rings is 2. The van der Waals surface area contributed by atoms with Crippen LogP contribution in [-0.2, 0) is 9.59 Å². The zero-order valence-electron chi connectivity index (χ0n) is 18.8. The van der Waals surface area contributed by atoms with Crippen LogP contribution >= 0.6 is 0 Å². The fourth-order valence-electron chi connectivity index (χ4n) is 2.19. The molecule has 2 aromatic carbocycles. The van der Waals surface area contributed by atoms with Crippen molar-refractivity contribution in [1.82, 2.24) is 0 Å². The summed E-state index contributed by atoms with van der Waals surface area (Å²) in [6.45, 7) is 0. The molecule has 0 aliphatic carbocycles. The molecular formula is C28H22F6O2. The molecule has 0 heterocycles. The molecule has 2 rings (SSSR count). The molecule has 0 amide bonds. The van der Waals surface area contributed by atoms with E-state index in [1.807, 2.05) is 60.7 Å².